The summed E-state index contributed by atoms with van der Waals surface area (Å²) in [6.45, 7) is 4.05. The predicted octanol–water partition coefficient (Wildman–Crippen LogP) is 6.19. The molecule has 2 aromatic carbocycles. The van der Waals surface area contributed by atoms with Gasteiger partial charge in [-0.2, -0.15) is 0 Å². The first-order chi connectivity index (χ1) is 16.1. The van der Waals surface area contributed by atoms with Gasteiger partial charge in [0.15, 0.2) is 5.82 Å². The highest BCUT2D eigenvalue weighted by molar-refractivity contribution is 6.37. The standard InChI is InChI=1S/C23H16ClF4N5O/c1-10-9-16(34-32-10)22-31-30-21-11(2)29-20(17-13(25)5-4-6-14(17)26)18-15(33(21)22)8-7-12(19(18)24)23(3,27)28/h4-9,11H,1-3H3/t11-/m0/s1. The molecular formula is C23H16ClF4N5O. The molecule has 0 radical (unpaired) electrons. The Morgan fingerprint density at radius 3 is 2.38 bits per heavy atom. The van der Waals surface area contributed by atoms with Gasteiger partial charge in [-0.3, -0.25) is 9.56 Å². The monoisotopic (exact) mass is 489 g/mol. The molecule has 11 heteroatoms. The molecule has 1 aliphatic heterocycles. The summed E-state index contributed by atoms with van der Waals surface area (Å²) in [6, 6.07) is 6.71. The van der Waals surface area contributed by atoms with E-state index in [0.29, 0.717) is 18.4 Å². The van der Waals surface area contributed by atoms with Crippen molar-refractivity contribution in [3.8, 4) is 17.3 Å². The number of aromatic nitrogens is 4. The van der Waals surface area contributed by atoms with Gasteiger partial charge < -0.3 is 4.52 Å². The lowest BCUT2D eigenvalue weighted by Crippen LogP contribution is -2.16. The van der Waals surface area contributed by atoms with Crippen molar-refractivity contribution in [2.75, 3.05) is 0 Å². The minimum Gasteiger partial charge on any atom is -0.353 e. The largest absolute Gasteiger partial charge is 0.353 e. The van der Waals surface area contributed by atoms with Crippen LogP contribution in [-0.2, 0) is 5.92 Å². The van der Waals surface area contributed by atoms with Crippen LogP contribution in [-0.4, -0.2) is 25.6 Å². The lowest BCUT2D eigenvalue weighted by Gasteiger charge is -2.20. The fraction of sp³-hybridized carbons (Fsp3) is 0.217. The molecule has 0 saturated carbocycles. The van der Waals surface area contributed by atoms with Crippen LogP contribution < -0.4 is 0 Å². The zero-order valence-electron chi connectivity index (χ0n) is 18.1. The number of benzene rings is 2. The minimum absolute atomic E-state index is 0.0763. The summed E-state index contributed by atoms with van der Waals surface area (Å²) in [7, 11) is 0. The molecule has 3 heterocycles. The Hall–Kier alpha value is -3.53. The molecule has 34 heavy (non-hydrogen) atoms. The summed E-state index contributed by atoms with van der Waals surface area (Å²) in [5, 5.41) is 11.8. The highest BCUT2D eigenvalue weighted by Crippen LogP contribution is 2.42. The van der Waals surface area contributed by atoms with Crippen molar-refractivity contribution in [1.29, 1.82) is 0 Å². The number of fused-ring (bicyclic) bond motifs is 3. The van der Waals surface area contributed by atoms with E-state index < -0.39 is 34.7 Å². The molecule has 5 rings (SSSR count). The van der Waals surface area contributed by atoms with Gasteiger partial charge in [0.05, 0.1) is 27.7 Å². The Kier molecular flexibility index (Phi) is 5.09. The van der Waals surface area contributed by atoms with E-state index in [1.807, 2.05) is 0 Å². The second-order valence-corrected chi connectivity index (χ2v) is 8.39. The minimum atomic E-state index is -3.33. The van der Waals surface area contributed by atoms with Crippen LogP contribution in [0.2, 0.25) is 5.02 Å². The van der Waals surface area contributed by atoms with Gasteiger partial charge in [0.25, 0.3) is 5.92 Å². The highest BCUT2D eigenvalue weighted by Gasteiger charge is 2.36. The number of hydrogen-bond acceptors (Lipinski definition) is 5. The van der Waals surface area contributed by atoms with Crippen LogP contribution in [0.25, 0.3) is 17.3 Å². The number of alkyl halides is 2. The second kappa shape index (κ2) is 7.76. The molecular weight excluding hydrogens is 474 g/mol. The van der Waals surface area contributed by atoms with Gasteiger partial charge >= 0.3 is 0 Å². The van der Waals surface area contributed by atoms with Gasteiger partial charge in [0.1, 0.15) is 17.7 Å². The molecule has 0 unspecified atom stereocenters. The van der Waals surface area contributed by atoms with E-state index >= 15 is 0 Å². The van der Waals surface area contributed by atoms with Crippen molar-refractivity contribution in [2.45, 2.75) is 32.7 Å². The molecule has 0 bridgehead atoms. The first kappa shape index (κ1) is 22.3. The number of nitrogens with zero attached hydrogens (tertiary/aromatic N) is 5. The molecule has 6 nitrogen and oxygen atoms in total. The summed E-state index contributed by atoms with van der Waals surface area (Å²) in [5.41, 5.74) is -0.484. The van der Waals surface area contributed by atoms with E-state index in [1.165, 1.54) is 16.7 Å². The van der Waals surface area contributed by atoms with Gasteiger partial charge in [-0.05, 0) is 38.1 Å². The van der Waals surface area contributed by atoms with Crippen molar-refractivity contribution >= 4 is 17.3 Å². The lowest BCUT2D eigenvalue weighted by molar-refractivity contribution is 0.0176. The third-order valence-electron chi connectivity index (χ3n) is 5.50. The summed E-state index contributed by atoms with van der Waals surface area (Å²) >= 11 is 6.52. The first-order valence-electron chi connectivity index (χ1n) is 10.2. The molecule has 2 aromatic heterocycles. The van der Waals surface area contributed by atoms with E-state index in [-0.39, 0.29) is 33.6 Å². The Morgan fingerprint density at radius 1 is 1.06 bits per heavy atom. The van der Waals surface area contributed by atoms with E-state index in [1.54, 1.807) is 19.9 Å². The molecule has 0 spiro atoms. The maximum absolute atomic E-state index is 14.9. The SMILES string of the molecule is Cc1cc(-c2nnc3n2-c2ccc(C(C)(F)F)c(Cl)c2C(c2c(F)cccc2F)=N[C@H]3C)on1. The molecule has 1 atom stereocenters. The number of hydrogen-bond donors (Lipinski definition) is 0. The Morgan fingerprint density at radius 2 is 1.76 bits per heavy atom. The molecule has 1 aliphatic rings. The van der Waals surface area contributed by atoms with Crippen LogP contribution in [0, 0.1) is 18.6 Å². The number of halogens is 5. The smallest absolute Gasteiger partial charge is 0.271 e. The van der Waals surface area contributed by atoms with Crippen LogP contribution in [0.1, 0.15) is 48.1 Å². The van der Waals surface area contributed by atoms with Gasteiger partial charge in [0, 0.05) is 24.1 Å². The fourth-order valence-corrected chi connectivity index (χ4v) is 4.39. The van der Waals surface area contributed by atoms with E-state index in [9.17, 15) is 17.6 Å². The van der Waals surface area contributed by atoms with Gasteiger partial charge in [-0.15, -0.1) is 10.2 Å². The zero-order chi connectivity index (χ0) is 24.4. The molecule has 0 amide bonds. The first-order valence-corrected chi connectivity index (χ1v) is 10.6. The molecule has 174 valence electrons. The molecule has 4 aromatic rings. The third-order valence-corrected chi connectivity index (χ3v) is 5.90. The highest BCUT2D eigenvalue weighted by atomic mass is 35.5. The van der Waals surface area contributed by atoms with Crippen molar-refractivity contribution in [2.24, 2.45) is 4.99 Å². The number of rotatable bonds is 3. The Bertz CT molecular complexity index is 1450. The summed E-state index contributed by atoms with van der Waals surface area (Å²) in [6.07, 6.45) is 0. The zero-order valence-corrected chi connectivity index (χ0v) is 18.8. The lowest BCUT2D eigenvalue weighted by atomic mass is 9.95. The maximum Gasteiger partial charge on any atom is 0.271 e. The molecule has 0 fully saturated rings. The van der Waals surface area contributed by atoms with Crippen molar-refractivity contribution in [1.82, 2.24) is 19.9 Å². The summed E-state index contributed by atoms with van der Waals surface area (Å²) in [4.78, 5) is 4.48. The molecule has 0 N–H and O–H groups in total. The third kappa shape index (κ3) is 3.40. The van der Waals surface area contributed by atoms with Gasteiger partial charge in [0.2, 0.25) is 11.6 Å². The summed E-state index contributed by atoms with van der Waals surface area (Å²) < 4.78 is 65.5. The predicted molar refractivity (Wildman–Crippen MR) is 117 cm³/mol. The Balaban J connectivity index is 1.90. The average molecular weight is 490 g/mol. The van der Waals surface area contributed by atoms with Crippen molar-refractivity contribution in [3.63, 3.8) is 0 Å². The fourth-order valence-electron chi connectivity index (χ4n) is 3.98. The van der Waals surface area contributed by atoms with Crippen molar-refractivity contribution < 1.29 is 22.1 Å². The number of aryl methyl sites for hydroxylation is 1. The maximum atomic E-state index is 14.9. The van der Waals surface area contributed by atoms with E-state index in [2.05, 4.69) is 20.3 Å². The quantitative estimate of drug-likeness (QED) is 0.322. The normalized spacial score (nSPS) is 15.5. The Labute approximate surface area is 195 Å². The van der Waals surface area contributed by atoms with E-state index in [0.717, 1.165) is 18.2 Å². The van der Waals surface area contributed by atoms with Crippen LogP contribution in [0.3, 0.4) is 0 Å². The van der Waals surface area contributed by atoms with Crippen LogP contribution in [0.5, 0.6) is 0 Å². The molecule has 0 aliphatic carbocycles. The van der Waals surface area contributed by atoms with Crippen molar-refractivity contribution in [3.05, 3.63) is 81.3 Å². The molecule has 0 saturated heterocycles. The van der Waals surface area contributed by atoms with Gasteiger partial charge in [-0.1, -0.05) is 22.8 Å². The van der Waals surface area contributed by atoms with Gasteiger partial charge in [-0.25, -0.2) is 17.6 Å². The van der Waals surface area contributed by atoms with E-state index in [4.69, 9.17) is 16.1 Å². The number of aliphatic imine (C=N–C) groups is 1. The topological polar surface area (TPSA) is 69.1 Å². The summed E-state index contributed by atoms with van der Waals surface area (Å²) in [5.74, 6) is -4.39. The average Bonchev–Trinajstić information content (AvgIpc) is 3.35. The van der Waals surface area contributed by atoms with Crippen LogP contribution in [0.15, 0.2) is 45.9 Å². The van der Waals surface area contributed by atoms with Crippen LogP contribution >= 0.6 is 11.6 Å². The van der Waals surface area contributed by atoms with Crippen LogP contribution in [0.4, 0.5) is 17.6 Å². The second-order valence-electron chi connectivity index (χ2n) is 8.01.